The molecule has 0 bridgehead atoms. The fourth-order valence-corrected chi connectivity index (χ4v) is 2.27. The molecule has 6 nitrogen and oxygen atoms in total. The normalized spacial score (nSPS) is 10.6. The fourth-order valence-electron chi connectivity index (χ4n) is 2.27. The first-order valence-corrected chi connectivity index (χ1v) is 7.54. The van der Waals surface area contributed by atoms with Gasteiger partial charge in [0, 0.05) is 24.8 Å². The highest BCUT2D eigenvalue weighted by Crippen LogP contribution is 2.16. The lowest BCUT2D eigenvalue weighted by atomic mass is 10.3. The molecular weight excluding hydrogens is 299 g/mol. The van der Waals surface area contributed by atoms with Crippen molar-refractivity contribution in [3.63, 3.8) is 0 Å². The number of nitrogens with zero attached hydrogens (tertiary/aromatic N) is 3. The van der Waals surface area contributed by atoms with Crippen LogP contribution in [-0.2, 0) is 0 Å². The second kappa shape index (κ2) is 7.73. The summed E-state index contributed by atoms with van der Waals surface area (Å²) < 4.78 is 14.6. The molecule has 1 aromatic heterocycles. The fraction of sp³-hybridized carbons (Fsp3) is 0.375. The SMILES string of the molecule is CCCN(CCO)C(=O)Nc1cc(C)n(-c2ccc(F)cc2)n1. The number of aliphatic hydroxyl groups excluding tert-OH is 1. The number of amides is 2. The average Bonchev–Trinajstić information content (AvgIpc) is 2.88. The number of hydrogen-bond donors (Lipinski definition) is 2. The minimum atomic E-state index is -0.314. The van der Waals surface area contributed by atoms with Crippen LogP contribution in [0.5, 0.6) is 0 Å². The zero-order valence-corrected chi connectivity index (χ0v) is 13.3. The Kier molecular flexibility index (Phi) is 5.70. The molecular formula is C16H21FN4O2. The van der Waals surface area contributed by atoms with Crippen LogP contribution in [0, 0.1) is 12.7 Å². The number of rotatable bonds is 6. The molecule has 0 fully saturated rings. The van der Waals surface area contributed by atoms with Crippen molar-refractivity contribution < 1.29 is 14.3 Å². The van der Waals surface area contributed by atoms with Crippen LogP contribution in [0.25, 0.3) is 5.69 Å². The summed E-state index contributed by atoms with van der Waals surface area (Å²) in [7, 11) is 0. The summed E-state index contributed by atoms with van der Waals surface area (Å²) in [6.45, 7) is 4.56. The van der Waals surface area contributed by atoms with Crippen molar-refractivity contribution in [1.29, 1.82) is 0 Å². The van der Waals surface area contributed by atoms with Gasteiger partial charge in [-0.05, 0) is 37.6 Å². The predicted molar refractivity (Wildman–Crippen MR) is 86.2 cm³/mol. The van der Waals surface area contributed by atoms with E-state index in [1.54, 1.807) is 22.9 Å². The number of aryl methyl sites for hydroxylation is 1. The number of benzene rings is 1. The highest BCUT2D eigenvalue weighted by molar-refractivity contribution is 5.88. The lowest BCUT2D eigenvalue weighted by molar-refractivity contribution is 0.188. The largest absolute Gasteiger partial charge is 0.395 e. The Balaban J connectivity index is 2.14. The standard InChI is InChI=1S/C16H21FN4O2/c1-3-8-20(9-10-22)16(23)18-15-11-12(2)21(19-15)14-6-4-13(17)5-7-14/h4-7,11,22H,3,8-10H2,1-2H3,(H,18,19,23). The van der Waals surface area contributed by atoms with Crippen LogP contribution in [0.2, 0.25) is 0 Å². The molecule has 0 radical (unpaired) electrons. The van der Waals surface area contributed by atoms with Crippen molar-refractivity contribution in [3.05, 3.63) is 41.8 Å². The zero-order valence-electron chi connectivity index (χ0n) is 13.3. The summed E-state index contributed by atoms with van der Waals surface area (Å²) in [4.78, 5) is 13.7. The topological polar surface area (TPSA) is 70.4 Å². The second-order valence-corrected chi connectivity index (χ2v) is 5.20. The van der Waals surface area contributed by atoms with Gasteiger partial charge in [0.2, 0.25) is 0 Å². The molecule has 23 heavy (non-hydrogen) atoms. The van der Waals surface area contributed by atoms with Gasteiger partial charge in [-0.2, -0.15) is 0 Å². The summed E-state index contributed by atoms with van der Waals surface area (Å²) >= 11 is 0. The Bertz CT molecular complexity index is 649. The predicted octanol–water partition coefficient (Wildman–Crippen LogP) is 2.56. The number of halogens is 1. The van der Waals surface area contributed by atoms with Gasteiger partial charge < -0.3 is 10.0 Å². The van der Waals surface area contributed by atoms with Crippen molar-refractivity contribution in [2.24, 2.45) is 0 Å². The van der Waals surface area contributed by atoms with Gasteiger partial charge in [0.05, 0.1) is 12.3 Å². The molecule has 0 saturated carbocycles. The van der Waals surface area contributed by atoms with Gasteiger partial charge in [0.1, 0.15) is 5.82 Å². The molecule has 0 aliphatic carbocycles. The third-order valence-electron chi connectivity index (χ3n) is 3.34. The first-order valence-electron chi connectivity index (χ1n) is 7.54. The quantitative estimate of drug-likeness (QED) is 0.859. The van der Waals surface area contributed by atoms with E-state index in [9.17, 15) is 9.18 Å². The van der Waals surface area contributed by atoms with E-state index in [2.05, 4.69) is 10.4 Å². The maximum atomic E-state index is 13.0. The molecule has 7 heteroatoms. The molecule has 0 aliphatic heterocycles. The highest BCUT2D eigenvalue weighted by atomic mass is 19.1. The number of aliphatic hydroxyl groups is 1. The first kappa shape index (κ1) is 17.0. The first-order chi connectivity index (χ1) is 11.0. The Morgan fingerprint density at radius 3 is 2.65 bits per heavy atom. The van der Waals surface area contributed by atoms with E-state index in [0.717, 1.165) is 12.1 Å². The van der Waals surface area contributed by atoms with Crippen molar-refractivity contribution >= 4 is 11.8 Å². The van der Waals surface area contributed by atoms with E-state index in [1.165, 1.54) is 17.0 Å². The summed E-state index contributed by atoms with van der Waals surface area (Å²) in [5.74, 6) is 0.0992. The van der Waals surface area contributed by atoms with Crippen LogP contribution in [0.4, 0.5) is 15.0 Å². The third kappa shape index (κ3) is 4.29. The van der Waals surface area contributed by atoms with Gasteiger partial charge in [-0.15, -0.1) is 5.10 Å². The van der Waals surface area contributed by atoms with Gasteiger partial charge in [-0.3, -0.25) is 5.32 Å². The Morgan fingerprint density at radius 2 is 2.04 bits per heavy atom. The number of carbonyl (C=O) groups excluding carboxylic acids is 1. The summed E-state index contributed by atoms with van der Waals surface area (Å²) in [6.07, 6.45) is 0.802. The van der Waals surface area contributed by atoms with Crippen molar-refractivity contribution in [3.8, 4) is 5.69 Å². The van der Waals surface area contributed by atoms with Crippen LogP contribution >= 0.6 is 0 Å². The third-order valence-corrected chi connectivity index (χ3v) is 3.34. The number of nitrogens with one attached hydrogen (secondary N) is 1. The van der Waals surface area contributed by atoms with Crippen LogP contribution in [0.3, 0.4) is 0 Å². The molecule has 0 spiro atoms. The molecule has 0 saturated heterocycles. The molecule has 1 heterocycles. The maximum Gasteiger partial charge on any atom is 0.323 e. The number of hydrogen-bond acceptors (Lipinski definition) is 3. The van der Waals surface area contributed by atoms with Crippen LogP contribution in [0.1, 0.15) is 19.0 Å². The molecule has 1 aromatic carbocycles. The molecule has 0 atom stereocenters. The van der Waals surface area contributed by atoms with E-state index >= 15 is 0 Å². The number of carbonyl (C=O) groups is 1. The maximum absolute atomic E-state index is 13.0. The zero-order chi connectivity index (χ0) is 16.8. The van der Waals surface area contributed by atoms with E-state index in [4.69, 9.17) is 5.11 Å². The van der Waals surface area contributed by atoms with Gasteiger partial charge in [-0.25, -0.2) is 13.9 Å². The Labute approximate surface area is 134 Å². The lowest BCUT2D eigenvalue weighted by Crippen LogP contribution is -2.37. The lowest BCUT2D eigenvalue weighted by Gasteiger charge is -2.20. The molecule has 124 valence electrons. The van der Waals surface area contributed by atoms with Gasteiger partial charge >= 0.3 is 6.03 Å². The highest BCUT2D eigenvalue weighted by Gasteiger charge is 2.14. The molecule has 0 aliphatic rings. The second-order valence-electron chi connectivity index (χ2n) is 5.20. The van der Waals surface area contributed by atoms with E-state index in [0.29, 0.717) is 18.1 Å². The number of aromatic nitrogens is 2. The van der Waals surface area contributed by atoms with E-state index in [-0.39, 0.29) is 25.0 Å². The Morgan fingerprint density at radius 1 is 1.35 bits per heavy atom. The molecule has 2 N–H and O–H groups in total. The molecule has 2 aromatic rings. The smallest absolute Gasteiger partial charge is 0.323 e. The summed E-state index contributed by atoms with van der Waals surface area (Å²) in [5, 5.41) is 16.1. The minimum absolute atomic E-state index is 0.0868. The molecule has 0 unspecified atom stereocenters. The van der Waals surface area contributed by atoms with Crippen LogP contribution in [0.15, 0.2) is 30.3 Å². The van der Waals surface area contributed by atoms with Crippen LogP contribution < -0.4 is 5.32 Å². The van der Waals surface area contributed by atoms with Crippen molar-refractivity contribution in [2.75, 3.05) is 25.0 Å². The van der Waals surface area contributed by atoms with Crippen molar-refractivity contribution in [1.82, 2.24) is 14.7 Å². The Hall–Kier alpha value is -2.41. The average molecular weight is 320 g/mol. The summed E-state index contributed by atoms with van der Waals surface area (Å²) in [5.41, 5.74) is 1.53. The van der Waals surface area contributed by atoms with Gasteiger partial charge in [-0.1, -0.05) is 6.92 Å². The van der Waals surface area contributed by atoms with E-state index < -0.39 is 0 Å². The van der Waals surface area contributed by atoms with Gasteiger partial charge in [0.25, 0.3) is 0 Å². The van der Waals surface area contributed by atoms with Gasteiger partial charge in [0.15, 0.2) is 5.82 Å². The van der Waals surface area contributed by atoms with Crippen LogP contribution in [-0.4, -0.2) is 45.5 Å². The summed E-state index contributed by atoms with van der Waals surface area (Å²) in [6, 6.07) is 7.40. The minimum Gasteiger partial charge on any atom is -0.395 e. The number of anilines is 1. The molecule has 2 amide bonds. The van der Waals surface area contributed by atoms with E-state index in [1.807, 2.05) is 13.8 Å². The molecule has 2 rings (SSSR count). The van der Waals surface area contributed by atoms with Crippen molar-refractivity contribution in [2.45, 2.75) is 20.3 Å². The number of urea groups is 1. The monoisotopic (exact) mass is 320 g/mol.